The van der Waals surface area contributed by atoms with Crippen LogP contribution >= 0.6 is 35.5 Å². The third kappa shape index (κ3) is 8.64. The average molecular weight is 556 g/mol. The largest absolute Gasteiger partial charge is 0.372 e. The van der Waals surface area contributed by atoms with E-state index in [1.807, 2.05) is 25.4 Å². The maximum Gasteiger partial charge on any atom is 0.204 e. The molecule has 1 saturated heterocycles. The zero-order chi connectivity index (χ0) is 26.3. The van der Waals surface area contributed by atoms with Gasteiger partial charge in [0.25, 0.3) is 0 Å². The first kappa shape index (κ1) is 30.4. The maximum atomic E-state index is 15.8. The summed E-state index contributed by atoms with van der Waals surface area (Å²) in [4.78, 5) is 14.4. The van der Waals surface area contributed by atoms with Crippen LogP contribution in [-0.2, 0) is 4.79 Å². The van der Waals surface area contributed by atoms with Crippen molar-refractivity contribution in [3.8, 4) is 11.1 Å². The fraction of sp³-hybridized carbons (Fsp3) is 0.500. The van der Waals surface area contributed by atoms with Gasteiger partial charge in [-0.1, -0.05) is 50.6 Å². The molecule has 3 rings (SSSR count). The Morgan fingerprint density at radius 1 is 1.17 bits per heavy atom. The van der Waals surface area contributed by atoms with Gasteiger partial charge in [0.05, 0.1) is 11.4 Å². The smallest absolute Gasteiger partial charge is 0.204 e. The Balaban J connectivity index is 0.00000145. The summed E-state index contributed by atoms with van der Waals surface area (Å²) >= 11 is 9.31. The van der Waals surface area contributed by atoms with E-state index in [9.17, 15) is 0 Å². The van der Waals surface area contributed by atoms with Gasteiger partial charge in [-0.05, 0) is 36.4 Å². The van der Waals surface area contributed by atoms with E-state index in [2.05, 4.69) is 50.2 Å². The van der Waals surface area contributed by atoms with Crippen LogP contribution in [-0.4, -0.2) is 51.6 Å². The highest BCUT2D eigenvalue weighted by Crippen LogP contribution is 2.42. The normalized spacial score (nSPS) is 13.1. The molecule has 1 aliphatic rings. The summed E-state index contributed by atoms with van der Waals surface area (Å²) < 4.78 is 17.9. The number of rotatable bonds is 12. The van der Waals surface area contributed by atoms with E-state index in [0.717, 1.165) is 60.2 Å². The molecular formula is C26H39ClFN5OS2. The van der Waals surface area contributed by atoms with Crippen LogP contribution in [0, 0.1) is 5.82 Å². The second-order valence-electron chi connectivity index (χ2n) is 8.41. The average Bonchev–Trinajstić information content (AvgIpc) is 2.91. The van der Waals surface area contributed by atoms with E-state index in [0.29, 0.717) is 11.3 Å². The maximum absolute atomic E-state index is 15.8. The molecule has 2 aromatic rings. The lowest BCUT2D eigenvalue weighted by Gasteiger charge is -2.31. The SMILES string of the molecule is CCCCCCCSc1ccc(-c2cc(N3CCNCC3)ccc2N(C)SC)c(F)c1NCl.NC=O. The van der Waals surface area contributed by atoms with E-state index in [-0.39, 0.29) is 12.2 Å². The van der Waals surface area contributed by atoms with E-state index in [1.54, 1.807) is 23.7 Å². The Morgan fingerprint density at radius 3 is 2.50 bits per heavy atom. The number of anilines is 3. The van der Waals surface area contributed by atoms with Crippen molar-refractivity contribution in [1.29, 1.82) is 0 Å². The zero-order valence-electron chi connectivity index (χ0n) is 21.5. The molecule has 0 aromatic heterocycles. The molecule has 1 amide bonds. The molecule has 0 aliphatic carbocycles. The van der Waals surface area contributed by atoms with Crippen molar-refractivity contribution in [2.45, 2.75) is 43.9 Å². The summed E-state index contributed by atoms with van der Waals surface area (Å²) in [6.45, 7) is 6.03. The predicted molar refractivity (Wildman–Crippen MR) is 158 cm³/mol. The van der Waals surface area contributed by atoms with Crippen molar-refractivity contribution in [1.82, 2.24) is 5.32 Å². The van der Waals surface area contributed by atoms with E-state index in [1.165, 1.54) is 25.7 Å². The number of carbonyl (C=O) groups excluding carboxylic acids is 1. The van der Waals surface area contributed by atoms with Gasteiger partial charge in [0, 0.05) is 73.0 Å². The highest BCUT2D eigenvalue weighted by Gasteiger charge is 2.20. The summed E-state index contributed by atoms with van der Waals surface area (Å²) in [5.41, 5.74) is 8.09. The number of benzene rings is 2. The van der Waals surface area contributed by atoms with Crippen molar-refractivity contribution in [3.63, 3.8) is 0 Å². The minimum atomic E-state index is -0.297. The van der Waals surface area contributed by atoms with Crippen LogP contribution in [0.1, 0.15) is 39.0 Å². The highest BCUT2D eigenvalue weighted by atomic mass is 35.5. The van der Waals surface area contributed by atoms with Crippen molar-refractivity contribution >= 4 is 59.0 Å². The third-order valence-corrected chi connectivity index (χ3v) is 8.15. The first-order chi connectivity index (χ1) is 17.5. The second-order valence-corrected chi connectivity index (χ2v) is 10.7. The fourth-order valence-electron chi connectivity index (χ4n) is 4.09. The number of thioether (sulfide) groups is 1. The number of hydrogen-bond donors (Lipinski definition) is 3. The number of unbranched alkanes of at least 4 members (excludes halogenated alkanes) is 4. The van der Waals surface area contributed by atoms with Gasteiger partial charge in [-0.15, -0.1) is 11.8 Å². The molecule has 2 aromatic carbocycles. The lowest BCUT2D eigenvalue weighted by Crippen LogP contribution is -2.43. The monoisotopic (exact) mass is 555 g/mol. The minimum absolute atomic E-state index is 0.250. The molecule has 4 N–H and O–H groups in total. The highest BCUT2D eigenvalue weighted by molar-refractivity contribution is 8.00. The number of carbonyl (C=O) groups is 1. The lowest BCUT2D eigenvalue weighted by molar-refractivity contribution is -0.106. The van der Waals surface area contributed by atoms with Crippen molar-refractivity contribution in [2.24, 2.45) is 5.73 Å². The molecule has 1 fully saturated rings. The number of nitrogens with one attached hydrogen (secondary N) is 2. The van der Waals surface area contributed by atoms with Gasteiger partial charge in [0.1, 0.15) is 0 Å². The molecule has 36 heavy (non-hydrogen) atoms. The molecular weight excluding hydrogens is 517 g/mol. The van der Waals surface area contributed by atoms with Crippen LogP contribution in [0.15, 0.2) is 35.2 Å². The molecule has 200 valence electrons. The summed E-state index contributed by atoms with van der Waals surface area (Å²) in [6.07, 6.45) is 8.40. The lowest BCUT2D eigenvalue weighted by atomic mass is 10.0. The number of nitrogens with two attached hydrogens (primary N) is 1. The van der Waals surface area contributed by atoms with Crippen LogP contribution in [0.5, 0.6) is 0 Å². The Hall–Kier alpha value is -1.81. The number of primary amides is 1. The molecule has 0 saturated carbocycles. The number of nitrogens with zero attached hydrogens (tertiary/aromatic N) is 2. The van der Waals surface area contributed by atoms with Crippen LogP contribution in [0.2, 0.25) is 0 Å². The van der Waals surface area contributed by atoms with Gasteiger partial charge in [-0.3, -0.25) is 9.63 Å². The van der Waals surface area contributed by atoms with Gasteiger partial charge in [0.2, 0.25) is 6.41 Å². The third-order valence-electron chi connectivity index (χ3n) is 6.07. The topological polar surface area (TPSA) is 73.6 Å². The van der Waals surface area contributed by atoms with Gasteiger partial charge < -0.3 is 20.3 Å². The second kappa shape index (κ2) is 16.8. The molecule has 0 spiro atoms. The molecule has 0 radical (unpaired) electrons. The van der Waals surface area contributed by atoms with Crippen LogP contribution in [0.3, 0.4) is 0 Å². The number of amides is 1. The van der Waals surface area contributed by atoms with Crippen LogP contribution in [0.25, 0.3) is 11.1 Å². The Bertz CT molecular complexity index is 947. The summed E-state index contributed by atoms with van der Waals surface area (Å²) in [7, 11) is 2.01. The summed E-state index contributed by atoms with van der Waals surface area (Å²) in [6, 6.07) is 10.2. The number of piperazine rings is 1. The molecule has 6 nitrogen and oxygen atoms in total. The van der Waals surface area contributed by atoms with Gasteiger partial charge in [0.15, 0.2) is 5.82 Å². The molecule has 0 bridgehead atoms. The van der Waals surface area contributed by atoms with Crippen molar-refractivity contribution in [2.75, 3.05) is 59.3 Å². The standard InChI is InChI=1S/C25H36ClFN4S2.CH3NO/c1-4-5-6-7-8-17-33-23-12-10-20(24(27)25(23)29-26)21-18-19(31-15-13-28-14-16-31)9-11-22(21)30(2)32-3;2-1-3/h9-12,18,28-29H,4-8,13-17H2,1-3H3;1H,(H2,2,3). The van der Waals surface area contributed by atoms with Crippen LogP contribution < -0.4 is 25.1 Å². The molecule has 0 unspecified atom stereocenters. The number of hydrogen-bond acceptors (Lipinski definition) is 7. The van der Waals surface area contributed by atoms with Gasteiger partial charge in [-0.2, -0.15) is 0 Å². The minimum Gasteiger partial charge on any atom is -0.372 e. The predicted octanol–water partition coefficient (Wildman–Crippen LogP) is 6.35. The molecule has 1 heterocycles. The first-order valence-electron chi connectivity index (χ1n) is 12.4. The van der Waals surface area contributed by atoms with Crippen molar-refractivity contribution in [3.05, 3.63) is 36.1 Å². The zero-order valence-corrected chi connectivity index (χ0v) is 23.9. The Morgan fingerprint density at radius 2 is 1.86 bits per heavy atom. The summed E-state index contributed by atoms with van der Waals surface area (Å²) in [5, 5.41) is 3.39. The van der Waals surface area contributed by atoms with Crippen LogP contribution in [0.4, 0.5) is 21.5 Å². The fourth-order valence-corrected chi connectivity index (χ4v) is 5.71. The molecule has 10 heteroatoms. The van der Waals surface area contributed by atoms with Gasteiger partial charge in [-0.25, -0.2) is 4.39 Å². The Kier molecular flexibility index (Phi) is 14.2. The summed E-state index contributed by atoms with van der Waals surface area (Å²) in [5.74, 6) is 0.668. The van der Waals surface area contributed by atoms with E-state index in [4.69, 9.17) is 16.6 Å². The van der Waals surface area contributed by atoms with Crippen molar-refractivity contribution < 1.29 is 9.18 Å². The van der Waals surface area contributed by atoms with E-state index >= 15 is 4.39 Å². The Labute approximate surface area is 229 Å². The molecule has 1 aliphatic heterocycles. The quantitative estimate of drug-likeness (QED) is 0.0926. The molecule has 0 atom stereocenters. The van der Waals surface area contributed by atoms with Gasteiger partial charge >= 0.3 is 0 Å². The first-order valence-corrected chi connectivity index (χ1v) is 14.9. The van der Waals surface area contributed by atoms with E-state index < -0.39 is 0 Å². The number of halogens is 2.